The molecule has 0 saturated heterocycles. The third-order valence-electron chi connectivity index (χ3n) is 5.50. The summed E-state index contributed by atoms with van der Waals surface area (Å²) < 4.78 is 9.05. The van der Waals surface area contributed by atoms with Crippen LogP contribution in [0.15, 0.2) is 36.9 Å². The monoisotopic (exact) mass is 379 g/mol. The maximum Gasteiger partial charge on any atom is 0.244 e. The maximum absolute atomic E-state index is 10.2. The summed E-state index contributed by atoms with van der Waals surface area (Å²) in [6.07, 6.45) is 7.48. The van der Waals surface area contributed by atoms with Gasteiger partial charge in [0.2, 0.25) is 11.8 Å². The molecule has 0 aromatic carbocycles. The molecule has 0 unspecified atom stereocenters. The first-order chi connectivity index (χ1) is 13.6. The fourth-order valence-corrected chi connectivity index (χ4v) is 3.84. The van der Waals surface area contributed by atoms with Gasteiger partial charge in [-0.25, -0.2) is 14.0 Å². The van der Waals surface area contributed by atoms with Gasteiger partial charge in [0.1, 0.15) is 11.8 Å². The van der Waals surface area contributed by atoms with Crippen LogP contribution in [0.2, 0.25) is 0 Å². The number of hydrogen-bond acceptors (Lipinski definition) is 7. The Hall–Kier alpha value is -3.20. The van der Waals surface area contributed by atoms with Crippen LogP contribution in [0.5, 0.6) is 5.88 Å². The fraction of sp³-hybridized carbons (Fsp3) is 0.368. The molecule has 4 aromatic rings. The van der Waals surface area contributed by atoms with Gasteiger partial charge in [0.25, 0.3) is 0 Å². The Morgan fingerprint density at radius 3 is 2.93 bits per heavy atom. The number of hydrogen-bond donors (Lipinski definition) is 2. The molecule has 1 aliphatic carbocycles. The van der Waals surface area contributed by atoms with Crippen LogP contribution in [0.25, 0.3) is 22.3 Å². The van der Waals surface area contributed by atoms with E-state index < -0.39 is 5.60 Å². The number of fused-ring (bicyclic) bond motifs is 2. The van der Waals surface area contributed by atoms with Crippen molar-refractivity contribution in [1.29, 1.82) is 0 Å². The van der Waals surface area contributed by atoms with E-state index in [9.17, 15) is 5.11 Å². The Morgan fingerprint density at radius 2 is 2.14 bits per heavy atom. The predicted molar refractivity (Wildman–Crippen MR) is 103 cm³/mol. The number of aliphatic hydroxyl groups is 1. The number of rotatable bonds is 5. The van der Waals surface area contributed by atoms with Gasteiger partial charge in [-0.15, -0.1) is 5.10 Å². The number of aromatic nitrogens is 6. The first-order valence-corrected chi connectivity index (χ1v) is 9.30. The van der Waals surface area contributed by atoms with Gasteiger partial charge < -0.3 is 15.2 Å². The summed E-state index contributed by atoms with van der Waals surface area (Å²) in [4.78, 5) is 8.72. The Kier molecular flexibility index (Phi) is 3.73. The van der Waals surface area contributed by atoms with E-state index in [2.05, 4.69) is 25.5 Å². The molecule has 0 atom stereocenters. The lowest BCUT2D eigenvalue weighted by Gasteiger charge is -2.43. The van der Waals surface area contributed by atoms with Crippen LogP contribution in [-0.2, 0) is 0 Å². The number of anilines is 1. The van der Waals surface area contributed by atoms with E-state index in [1.54, 1.807) is 16.1 Å². The number of pyridine rings is 1. The molecule has 0 radical (unpaired) electrons. The summed E-state index contributed by atoms with van der Waals surface area (Å²) in [5.41, 5.74) is 2.92. The second-order valence-electron chi connectivity index (χ2n) is 7.28. The van der Waals surface area contributed by atoms with Crippen molar-refractivity contribution in [1.82, 2.24) is 29.2 Å². The van der Waals surface area contributed by atoms with Crippen LogP contribution >= 0.6 is 0 Å². The first kappa shape index (κ1) is 16.9. The average molecular weight is 379 g/mol. The van der Waals surface area contributed by atoms with Gasteiger partial charge >= 0.3 is 0 Å². The Balaban J connectivity index is 1.51. The van der Waals surface area contributed by atoms with Crippen molar-refractivity contribution in [3.05, 3.63) is 36.9 Å². The maximum atomic E-state index is 10.2. The predicted octanol–water partition coefficient (Wildman–Crippen LogP) is 2.16. The lowest BCUT2D eigenvalue weighted by atomic mass is 9.74. The quantitative estimate of drug-likeness (QED) is 0.548. The molecule has 1 aliphatic rings. The lowest BCUT2D eigenvalue weighted by Crippen LogP contribution is -2.50. The highest BCUT2D eigenvalue weighted by Crippen LogP contribution is 2.37. The second-order valence-corrected chi connectivity index (χ2v) is 7.28. The molecule has 0 spiro atoms. The SMILES string of the molecule is CC[C@]1(O)C[C@H](Nc2nc(OC)c3c(-c4ccc5ncnn5c4)ccn3n2)C1. The number of nitrogens with one attached hydrogen (secondary N) is 1. The van der Waals surface area contributed by atoms with Crippen molar-refractivity contribution in [2.75, 3.05) is 12.4 Å². The van der Waals surface area contributed by atoms with E-state index >= 15 is 0 Å². The van der Waals surface area contributed by atoms with Crippen LogP contribution in [0.1, 0.15) is 26.2 Å². The molecule has 28 heavy (non-hydrogen) atoms. The smallest absolute Gasteiger partial charge is 0.244 e. The van der Waals surface area contributed by atoms with E-state index in [1.807, 2.05) is 37.5 Å². The van der Waals surface area contributed by atoms with E-state index in [4.69, 9.17) is 4.74 Å². The highest BCUT2D eigenvalue weighted by Gasteiger charge is 2.41. The van der Waals surface area contributed by atoms with E-state index in [1.165, 1.54) is 6.33 Å². The second kappa shape index (κ2) is 6.16. The summed E-state index contributed by atoms with van der Waals surface area (Å²) in [5, 5.41) is 22.3. The van der Waals surface area contributed by atoms with Crippen molar-refractivity contribution in [2.45, 2.75) is 37.8 Å². The summed E-state index contributed by atoms with van der Waals surface area (Å²) in [6.45, 7) is 2.00. The molecule has 2 N–H and O–H groups in total. The lowest BCUT2D eigenvalue weighted by molar-refractivity contribution is -0.0442. The largest absolute Gasteiger partial charge is 0.479 e. The zero-order chi connectivity index (χ0) is 19.3. The molecule has 5 rings (SSSR count). The van der Waals surface area contributed by atoms with Crippen LogP contribution in [0.4, 0.5) is 5.95 Å². The summed E-state index contributed by atoms with van der Waals surface area (Å²) in [5.74, 6) is 0.975. The van der Waals surface area contributed by atoms with Gasteiger partial charge in [0.05, 0.1) is 12.7 Å². The van der Waals surface area contributed by atoms with Crippen molar-refractivity contribution in [3.8, 4) is 17.0 Å². The zero-order valence-electron chi connectivity index (χ0n) is 15.7. The minimum absolute atomic E-state index is 0.164. The van der Waals surface area contributed by atoms with Crippen LogP contribution < -0.4 is 10.1 Å². The summed E-state index contributed by atoms with van der Waals surface area (Å²) >= 11 is 0. The number of nitrogens with zero attached hydrogens (tertiary/aromatic N) is 6. The molecular formula is C19H21N7O2. The molecule has 4 aromatic heterocycles. The van der Waals surface area contributed by atoms with Crippen molar-refractivity contribution in [2.24, 2.45) is 0 Å². The molecule has 0 bridgehead atoms. The fourth-order valence-electron chi connectivity index (χ4n) is 3.84. The minimum atomic E-state index is -0.563. The third kappa shape index (κ3) is 2.66. The van der Waals surface area contributed by atoms with Crippen molar-refractivity contribution >= 4 is 17.1 Å². The average Bonchev–Trinajstić information content (AvgIpc) is 3.32. The number of methoxy groups -OCH3 is 1. The van der Waals surface area contributed by atoms with Gasteiger partial charge in [-0.1, -0.05) is 6.92 Å². The van der Waals surface area contributed by atoms with Gasteiger partial charge in [0.15, 0.2) is 5.65 Å². The van der Waals surface area contributed by atoms with Crippen molar-refractivity contribution < 1.29 is 9.84 Å². The van der Waals surface area contributed by atoms with Crippen molar-refractivity contribution in [3.63, 3.8) is 0 Å². The molecule has 0 aliphatic heterocycles. The zero-order valence-corrected chi connectivity index (χ0v) is 15.7. The normalized spacial score (nSPS) is 21.8. The van der Waals surface area contributed by atoms with E-state index in [0.29, 0.717) is 24.7 Å². The Bertz CT molecular complexity index is 1160. The minimum Gasteiger partial charge on any atom is -0.479 e. The number of ether oxygens (including phenoxy) is 1. The molecule has 0 amide bonds. The summed E-state index contributed by atoms with van der Waals surface area (Å²) in [6, 6.07) is 6.05. The van der Waals surface area contributed by atoms with Gasteiger partial charge in [-0.3, -0.25) is 0 Å². The van der Waals surface area contributed by atoms with Crippen LogP contribution in [0, 0.1) is 0 Å². The van der Waals surface area contributed by atoms with Gasteiger partial charge in [0, 0.05) is 29.6 Å². The first-order valence-electron chi connectivity index (χ1n) is 9.30. The highest BCUT2D eigenvalue weighted by atomic mass is 16.5. The van der Waals surface area contributed by atoms with Gasteiger partial charge in [-0.2, -0.15) is 10.1 Å². The molecule has 1 saturated carbocycles. The summed E-state index contributed by atoms with van der Waals surface area (Å²) in [7, 11) is 1.60. The molecule has 144 valence electrons. The van der Waals surface area contributed by atoms with Crippen LogP contribution in [0.3, 0.4) is 0 Å². The Morgan fingerprint density at radius 1 is 1.29 bits per heavy atom. The van der Waals surface area contributed by atoms with Crippen LogP contribution in [-0.4, -0.2) is 53.1 Å². The topological polar surface area (TPSA) is 102 Å². The molecule has 9 nitrogen and oxygen atoms in total. The molecular weight excluding hydrogens is 358 g/mol. The Labute approximate surface area is 161 Å². The molecule has 4 heterocycles. The molecule has 9 heteroatoms. The van der Waals surface area contributed by atoms with E-state index in [-0.39, 0.29) is 6.04 Å². The van der Waals surface area contributed by atoms with E-state index in [0.717, 1.165) is 28.7 Å². The van der Waals surface area contributed by atoms with Gasteiger partial charge in [-0.05, 0) is 37.5 Å². The molecule has 1 fully saturated rings. The standard InChI is InChI=1S/C19H21N7O2/c1-3-19(27)8-13(9-19)22-18-23-17(28-2)16-14(6-7-25(16)24-18)12-4-5-15-20-11-21-26(15)10-12/h4-7,10-11,13,27H,3,8-9H2,1-2H3,(H,22,24)/t13-,19-. The highest BCUT2D eigenvalue weighted by molar-refractivity contribution is 5.84. The third-order valence-corrected chi connectivity index (χ3v) is 5.50.